The Hall–Kier alpha value is -1.03. The van der Waals surface area contributed by atoms with Crippen LogP contribution in [0.25, 0.3) is 0 Å². The van der Waals surface area contributed by atoms with Crippen LogP contribution in [0.4, 0.5) is 5.69 Å². The van der Waals surface area contributed by atoms with Gasteiger partial charge in [0.1, 0.15) is 5.88 Å². The minimum absolute atomic E-state index is 0.0443. The monoisotopic (exact) mass is 313 g/mol. The van der Waals surface area contributed by atoms with Gasteiger partial charge in [0.15, 0.2) is 0 Å². The molecule has 0 atom stereocenters. The number of carbonyl (C=O) groups is 1. The molecule has 0 N–H and O–H groups in total. The average molecular weight is 314 g/mol. The van der Waals surface area contributed by atoms with Crippen molar-refractivity contribution in [3.8, 4) is 0 Å². The van der Waals surface area contributed by atoms with Crippen molar-refractivity contribution in [2.45, 2.75) is 13.5 Å². The number of hydrogen-bond donors (Lipinski definition) is 0. The maximum absolute atomic E-state index is 12.1. The highest BCUT2D eigenvalue weighted by Gasteiger charge is 2.18. The molecule has 0 spiro atoms. The van der Waals surface area contributed by atoms with Crippen molar-refractivity contribution in [2.75, 3.05) is 10.8 Å². The lowest BCUT2D eigenvalue weighted by Gasteiger charge is -2.23. The van der Waals surface area contributed by atoms with Crippen LogP contribution in [0.3, 0.4) is 0 Å². The zero-order valence-electron chi connectivity index (χ0n) is 10.4. The first-order chi connectivity index (χ1) is 9.13. The fourth-order valence-electron chi connectivity index (χ4n) is 1.83. The van der Waals surface area contributed by atoms with Gasteiger partial charge >= 0.3 is 0 Å². The normalized spacial score (nSPS) is 10.5. The van der Waals surface area contributed by atoms with Gasteiger partial charge in [0.05, 0.1) is 6.54 Å². The molecule has 0 aliphatic rings. The summed E-state index contributed by atoms with van der Waals surface area (Å²) in [5.41, 5.74) is 1.70. The fourth-order valence-corrected chi connectivity index (χ4v) is 2.83. The molecule has 5 heteroatoms. The van der Waals surface area contributed by atoms with E-state index in [0.29, 0.717) is 11.6 Å². The summed E-state index contributed by atoms with van der Waals surface area (Å²) < 4.78 is 0. The van der Waals surface area contributed by atoms with E-state index in [1.165, 1.54) is 0 Å². The molecule has 100 valence electrons. The zero-order chi connectivity index (χ0) is 13.8. The molecule has 1 heterocycles. The molecule has 2 nitrogen and oxygen atoms in total. The predicted octanol–water partition coefficient (Wildman–Crippen LogP) is 4.48. The Bertz CT molecular complexity index is 569. The molecule has 2 aromatic rings. The van der Waals surface area contributed by atoms with E-state index in [1.807, 2.05) is 42.6 Å². The molecular weight excluding hydrogens is 301 g/mol. The van der Waals surface area contributed by atoms with Crippen LogP contribution in [0, 0.1) is 6.92 Å². The summed E-state index contributed by atoms with van der Waals surface area (Å²) in [5.74, 6) is -0.169. The maximum Gasteiger partial charge on any atom is 0.242 e. The van der Waals surface area contributed by atoms with E-state index in [1.54, 1.807) is 16.2 Å². The van der Waals surface area contributed by atoms with Crippen LogP contribution in [-0.2, 0) is 11.3 Å². The van der Waals surface area contributed by atoms with E-state index in [2.05, 4.69) is 0 Å². The summed E-state index contributed by atoms with van der Waals surface area (Å²) in [6, 6.07) is 9.51. The highest BCUT2D eigenvalue weighted by molar-refractivity contribution is 7.09. The number of amides is 1. The summed E-state index contributed by atoms with van der Waals surface area (Å²) >= 11 is 13.4. The van der Waals surface area contributed by atoms with Gasteiger partial charge in [0.2, 0.25) is 5.91 Å². The molecular formula is C14H13Cl2NOS. The highest BCUT2D eigenvalue weighted by Crippen LogP contribution is 2.28. The van der Waals surface area contributed by atoms with Crippen LogP contribution >= 0.6 is 34.5 Å². The molecule has 0 saturated heterocycles. The molecule has 0 radical (unpaired) electrons. The molecule has 0 fully saturated rings. The van der Waals surface area contributed by atoms with Crippen molar-refractivity contribution in [1.82, 2.24) is 0 Å². The third kappa shape index (κ3) is 3.30. The SMILES string of the molecule is Cc1c(Cl)cccc1N(Cc1cccs1)C(=O)CCl. The van der Waals surface area contributed by atoms with Crippen LogP contribution in [0.15, 0.2) is 35.7 Å². The van der Waals surface area contributed by atoms with Crippen molar-refractivity contribution in [2.24, 2.45) is 0 Å². The molecule has 2 rings (SSSR count). The minimum atomic E-state index is -0.125. The van der Waals surface area contributed by atoms with E-state index >= 15 is 0 Å². The average Bonchev–Trinajstić information content (AvgIpc) is 2.92. The first-order valence-corrected chi connectivity index (χ1v) is 7.56. The van der Waals surface area contributed by atoms with E-state index in [-0.39, 0.29) is 11.8 Å². The van der Waals surface area contributed by atoms with E-state index in [4.69, 9.17) is 23.2 Å². The van der Waals surface area contributed by atoms with Crippen molar-refractivity contribution in [3.05, 3.63) is 51.2 Å². The lowest BCUT2D eigenvalue weighted by molar-refractivity contribution is -0.116. The number of rotatable bonds is 4. The van der Waals surface area contributed by atoms with Gasteiger partial charge in [0.25, 0.3) is 0 Å². The second kappa shape index (κ2) is 6.42. The first kappa shape index (κ1) is 14.4. The van der Waals surface area contributed by atoms with Crippen LogP contribution in [0.1, 0.15) is 10.4 Å². The summed E-state index contributed by atoms with van der Waals surface area (Å²) in [7, 11) is 0. The Morgan fingerprint density at radius 1 is 1.32 bits per heavy atom. The Labute approximate surface area is 126 Å². The zero-order valence-corrected chi connectivity index (χ0v) is 12.7. The molecule has 19 heavy (non-hydrogen) atoms. The summed E-state index contributed by atoms with van der Waals surface area (Å²) in [4.78, 5) is 14.8. The fraction of sp³-hybridized carbons (Fsp3) is 0.214. The molecule has 0 aliphatic heterocycles. The first-order valence-electron chi connectivity index (χ1n) is 5.77. The predicted molar refractivity (Wildman–Crippen MR) is 82.4 cm³/mol. The Kier molecular flexibility index (Phi) is 4.86. The van der Waals surface area contributed by atoms with Gasteiger partial charge in [-0.1, -0.05) is 23.7 Å². The van der Waals surface area contributed by atoms with Gasteiger partial charge in [-0.3, -0.25) is 4.79 Å². The Balaban J connectivity index is 2.37. The lowest BCUT2D eigenvalue weighted by atomic mass is 10.1. The number of anilines is 1. The summed E-state index contributed by atoms with van der Waals surface area (Å²) in [6.45, 7) is 2.42. The molecule has 0 aliphatic carbocycles. The van der Waals surface area contributed by atoms with Gasteiger partial charge in [-0.05, 0) is 36.1 Å². The van der Waals surface area contributed by atoms with Gasteiger partial charge in [-0.25, -0.2) is 0 Å². The smallest absolute Gasteiger partial charge is 0.242 e. The van der Waals surface area contributed by atoms with Crippen LogP contribution < -0.4 is 4.90 Å². The van der Waals surface area contributed by atoms with Gasteiger partial charge < -0.3 is 4.90 Å². The third-order valence-electron chi connectivity index (χ3n) is 2.84. The second-order valence-electron chi connectivity index (χ2n) is 4.08. The van der Waals surface area contributed by atoms with E-state index < -0.39 is 0 Å². The summed E-state index contributed by atoms with van der Waals surface area (Å²) in [6.07, 6.45) is 0. The number of halogens is 2. The maximum atomic E-state index is 12.1. The molecule has 1 aromatic heterocycles. The Morgan fingerprint density at radius 3 is 2.74 bits per heavy atom. The third-order valence-corrected chi connectivity index (χ3v) is 4.34. The number of nitrogens with zero attached hydrogens (tertiary/aromatic N) is 1. The topological polar surface area (TPSA) is 20.3 Å². The van der Waals surface area contributed by atoms with Crippen LogP contribution in [0.2, 0.25) is 5.02 Å². The molecule has 0 saturated carbocycles. The van der Waals surface area contributed by atoms with E-state index in [0.717, 1.165) is 16.1 Å². The van der Waals surface area contributed by atoms with Gasteiger partial charge in [-0.2, -0.15) is 0 Å². The minimum Gasteiger partial charge on any atom is -0.306 e. The lowest BCUT2D eigenvalue weighted by Crippen LogP contribution is -2.31. The highest BCUT2D eigenvalue weighted by atomic mass is 35.5. The summed E-state index contributed by atoms with van der Waals surface area (Å²) in [5, 5.41) is 2.64. The second-order valence-corrected chi connectivity index (χ2v) is 5.78. The molecule has 1 amide bonds. The van der Waals surface area contributed by atoms with E-state index in [9.17, 15) is 4.79 Å². The molecule has 0 unspecified atom stereocenters. The van der Waals surface area contributed by atoms with Crippen LogP contribution in [-0.4, -0.2) is 11.8 Å². The quantitative estimate of drug-likeness (QED) is 0.762. The number of carbonyl (C=O) groups excluding carboxylic acids is 1. The van der Waals surface area contributed by atoms with Crippen molar-refractivity contribution in [3.63, 3.8) is 0 Å². The van der Waals surface area contributed by atoms with Crippen molar-refractivity contribution < 1.29 is 4.79 Å². The Morgan fingerprint density at radius 2 is 2.11 bits per heavy atom. The van der Waals surface area contributed by atoms with Crippen LogP contribution in [0.5, 0.6) is 0 Å². The van der Waals surface area contributed by atoms with Crippen molar-refractivity contribution in [1.29, 1.82) is 0 Å². The number of alkyl halides is 1. The number of benzene rings is 1. The molecule has 0 bridgehead atoms. The van der Waals surface area contributed by atoms with Crippen molar-refractivity contribution >= 4 is 46.1 Å². The standard InChI is InChI=1S/C14H13Cl2NOS/c1-10-12(16)5-2-6-13(10)17(14(18)8-15)9-11-4-3-7-19-11/h2-7H,8-9H2,1H3. The largest absolute Gasteiger partial charge is 0.306 e. The van der Waals surface area contributed by atoms with Gasteiger partial charge in [-0.15, -0.1) is 22.9 Å². The molecule has 1 aromatic carbocycles. The number of thiophene rings is 1. The van der Waals surface area contributed by atoms with Gasteiger partial charge in [0, 0.05) is 15.6 Å². The number of hydrogen-bond acceptors (Lipinski definition) is 2.